The van der Waals surface area contributed by atoms with Crippen LogP contribution in [0.3, 0.4) is 0 Å². The normalized spacial score (nSPS) is 13.2. The molecule has 0 radical (unpaired) electrons. The second-order valence-electron chi connectivity index (χ2n) is 5.00. The fourth-order valence-corrected chi connectivity index (χ4v) is 2.96. The van der Waals surface area contributed by atoms with Gasteiger partial charge in [0.25, 0.3) is 0 Å². The first-order chi connectivity index (χ1) is 11.6. The van der Waals surface area contributed by atoms with Crippen LogP contribution >= 0.6 is 11.3 Å². The highest BCUT2D eigenvalue weighted by Crippen LogP contribution is 2.32. The van der Waals surface area contributed by atoms with Gasteiger partial charge >= 0.3 is 5.97 Å². The van der Waals surface area contributed by atoms with E-state index in [1.54, 1.807) is 18.4 Å². The van der Waals surface area contributed by atoms with Gasteiger partial charge in [0, 0.05) is 11.1 Å². The molecule has 1 atom stereocenters. The molecule has 0 spiro atoms. The van der Waals surface area contributed by atoms with E-state index < -0.39 is 24.3 Å². The summed E-state index contributed by atoms with van der Waals surface area (Å²) in [5.41, 5.74) is 0.978. The number of thiazole rings is 1. The summed E-state index contributed by atoms with van der Waals surface area (Å²) in [7, 11) is 0. The molecule has 3 rings (SSSR count). The van der Waals surface area contributed by atoms with E-state index in [9.17, 15) is 14.9 Å². The van der Waals surface area contributed by atoms with Crippen LogP contribution in [-0.2, 0) is 9.53 Å². The molecule has 2 aromatic rings. The lowest BCUT2D eigenvalue weighted by Gasteiger charge is -2.07. The summed E-state index contributed by atoms with van der Waals surface area (Å²) in [5, 5.41) is 11.3. The van der Waals surface area contributed by atoms with Crippen molar-refractivity contribution in [2.75, 3.05) is 13.4 Å². The highest BCUT2D eigenvalue weighted by atomic mass is 32.1. The van der Waals surface area contributed by atoms with Crippen LogP contribution in [0, 0.1) is 18.3 Å². The maximum Gasteiger partial charge on any atom is 0.338 e. The van der Waals surface area contributed by atoms with E-state index in [4.69, 9.17) is 14.2 Å². The van der Waals surface area contributed by atoms with E-state index in [2.05, 4.69) is 4.98 Å². The number of fused-ring (bicyclic) bond motifs is 1. The Balaban J connectivity index is 1.63. The molecule has 0 saturated carbocycles. The van der Waals surface area contributed by atoms with Crippen molar-refractivity contribution >= 4 is 23.1 Å². The topological polar surface area (TPSA) is 98.5 Å². The standard InChI is InChI=1S/C16H12N2O5S/c1-9-7-24-15(18-9)11(5-17)12(19)6-21-16(20)10-2-3-13-14(4-10)23-8-22-13/h2-4,7,11H,6,8H2,1H3/t11-/m1/s1. The van der Waals surface area contributed by atoms with E-state index in [1.165, 1.54) is 23.5 Å². The van der Waals surface area contributed by atoms with E-state index in [-0.39, 0.29) is 12.4 Å². The number of benzene rings is 1. The summed E-state index contributed by atoms with van der Waals surface area (Å²) < 4.78 is 15.3. The minimum atomic E-state index is -1.03. The summed E-state index contributed by atoms with van der Waals surface area (Å²) in [5.74, 6) is -1.22. The lowest BCUT2D eigenvalue weighted by molar-refractivity contribution is -0.122. The second-order valence-corrected chi connectivity index (χ2v) is 5.89. The number of Topliss-reactive ketones (excluding diaryl/α,β-unsaturated/α-hetero) is 1. The molecule has 122 valence electrons. The summed E-state index contributed by atoms with van der Waals surface area (Å²) in [6.45, 7) is 1.38. The van der Waals surface area contributed by atoms with Crippen LogP contribution in [0.5, 0.6) is 11.5 Å². The summed E-state index contributed by atoms with van der Waals surface area (Å²) >= 11 is 1.23. The number of ketones is 1. The van der Waals surface area contributed by atoms with E-state index in [0.717, 1.165) is 5.69 Å². The molecule has 0 N–H and O–H groups in total. The van der Waals surface area contributed by atoms with Crippen molar-refractivity contribution in [1.82, 2.24) is 4.98 Å². The van der Waals surface area contributed by atoms with Crippen molar-refractivity contribution in [1.29, 1.82) is 5.26 Å². The summed E-state index contributed by atoms with van der Waals surface area (Å²) in [6, 6.07) is 6.50. The Kier molecular flexibility index (Phi) is 4.44. The Labute approximate surface area is 141 Å². The molecule has 0 bridgehead atoms. The Morgan fingerprint density at radius 1 is 1.42 bits per heavy atom. The van der Waals surface area contributed by atoms with Crippen LogP contribution in [0.2, 0.25) is 0 Å². The third-order valence-corrected chi connectivity index (χ3v) is 4.32. The van der Waals surface area contributed by atoms with Gasteiger partial charge in [-0.1, -0.05) is 0 Å². The zero-order valence-electron chi connectivity index (χ0n) is 12.6. The highest BCUT2D eigenvalue weighted by Gasteiger charge is 2.25. The number of ether oxygens (including phenoxy) is 3. The molecule has 1 aromatic carbocycles. The minimum absolute atomic E-state index is 0.101. The lowest BCUT2D eigenvalue weighted by Crippen LogP contribution is -2.19. The van der Waals surface area contributed by atoms with Crippen LogP contribution in [-0.4, -0.2) is 30.1 Å². The fraction of sp³-hybridized carbons (Fsp3) is 0.250. The van der Waals surface area contributed by atoms with Crippen molar-refractivity contribution in [3.8, 4) is 17.6 Å². The average molecular weight is 344 g/mol. The molecular weight excluding hydrogens is 332 g/mol. The van der Waals surface area contributed by atoms with Gasteiger partial charge in [0.05, 0.1) is 11.6 Å². The minimum Gasteiger partial charge on any atom is -0.454 e. The van der Waals surface area contributed by atoms with Crippen molar-refractivity contribution in [3.05, 3.63) is 39.8 Å². The molecule has 1 aromatic heterocycles. The number of hydrogen-bond donors (Lipinski definition) is 0. The van der Waals surface area contributed by atoms with Crippen LogP contribution in [0.1, 0.15) is 27.0 Å². The Hall–Kier alpha value is -2.92. The number of hydrogen-bond acceptors (Lipinski definition) is 8. The SMILES string of the molecule is Cc1csc([C@H](C#N)C(=O)COC(=O)c2ccc3c(c2)OCO3)n1. The first kappa shape index (κ1) is 16.0. The predicted molar refractivity (Wildman–Crippen MR) is 83.1 cm³/mol. The number of carbonyl (C=O) groups is 2. The predicted octanol–water partition coefficient (Wildman–Crippen LogP) is 2.21. The Morgan fingerprint density at radius 2 is 2.21 bits per heavy atom. The molecule has 1 aliphatic heterocycles. The van der Waals surface area contributed by atoms with Gasteiger partial charge in [0.15, 0.2) is 29.8 Å². The van der Waals surface area contributed by atoms with Gasteiger partial charge in [-0.05, 0) is 25.1 Å². The summed E-state index contributed by atoms with van der Waals surface area (Å²) in [6.07, 6.45) is 0. The number of aryl methyl sites for hydroxylation is 1. The molecule has 0 aliphatic carbocycles. The molecule has 0 amide bonds. The van der Waals surface area contributed by atoms with Gasteiger partial charge in [0.2, 0.25) is 6.79 Å². The number of rotatable bonds is 5. The van der Waals surface area contributed by atoms with E-state index in [1.807, 2.05) is 6.07 Å². The van der Waals surface area contributed by atoms with Gasteiger partial charge in [-0.25, -0.2) is 9.78 Å². The molecule has 0 saturated heterocycles. The Bertz CT molecular complexity index is 839. The average Bonchev–Trinajstić information content (AvgIpc) is 3.21. The Morgan fingerprint density at radius 3 is 2.92 bits per heavy atom. The quantitative estimate of drug-likeness (QED) is 0.767. The molecule has 8 heteroatoms. The monoisotopic (exact) mass is 344 g/mol. The van der Waals surface area contributed by atoms with Gasteiger partial charge in [-0.2, -0.15) is 5.26 Å². The van der Waals surface area contributed by atoms with Crippen LogP contribution in [0.15, 0.2) is 23.6 Å². The first-order valence-electron chi connectivity index (χ1n) is 6.99. The van der Waals surface area contributed by atoms with E-state index in [0.29, 0.717) is 16.5 Å². The van der Waals surface area contributed by atoms with Gasteiger partial charge in [-0.15, -0.1) is 11.3 Å². The third kappa shape index (κ3) is 3.21. The second kappa shape index (κ2) is 6.68. The van der Waals surface area contributed by atoms with Gasteiger partial charge in [0.1, 0.15) is 5.01 Å². The van der Waals surface area contributed by atoms with Crippen LogP contribution in [0.4, 0.5) is 0 Å². The largest absolute Gasteiger partial charge is 0.454 e. The molecule has 2 heterocycles. The molecule has 1 aliphatic rings. The molecule has 24 heavy (non-hydrogen) atoms. The number of nitriles is 1. The van der Waals surface area contributed by atoms with Crippen molar-refractivity contribution in [2.45, 2.75) is 12.8 Å². The van der Waals surface area contributed by atoms with Crippen molar-refractivity contribution in [3.63, 3.8) is 0 Å². The van der Waals surface area contributed by atoms with E-state index >= 15 is 0 Å². The number of aromatic nitrogens is 1. The fourth-order valence-electron chi connectivity index (χ4n) is 2.10. The molecule has 7 nitrogen and oxygen atoms in total. The van der Waals surface area contributed by atoms with Crippen molar-refractivity contribution in [2.24, 2.45) is 0 Å². The molecular formula is C16H12N2O5S. The van der Waals surface area contributed by atoms with Crippen LogP contribution in [0.25, 0.3) is 0 Å². The third-order valence-electron chi connectivity index (χ3n) is 3.29. The lowest BCUT2D eigenvalue weighted by atomic mass is 10.1. The zero-order valence-corrected chi connectivity index (χ0v) is 13.5. The number of nitrogens with zero attached hydrogens (tertiary/aromatic N) is 2. The van der Waals surface area contributed by atoms with Gasteiger partial charge < -0.3 is 14.2 Å². The zero-order chi connectivity index (χ0) is 17.1. The van der Waals surface area contributed by atoms with Crippen LogP contribution < -0.4 is 9.47 Å². The van der Waals surface area contributed by atoms with Gasteiger partial charge in [-0.3, -0.25) is 4.79 Å². The highest BCUT2D eigenvalue weighted by molar-refractivity contribution is 7.09. The first-order valence-corrected chi connectivity index (χ1v) is 7.87. The maximum atomic E-state index is 12.1. The smallest absolute Gasteiger partial charge is 0.338 e. The molecule has 0 fully saturated rings. The van der Waals surface area contributed by atoms with Crippen molar-refractivity contribution < 1.29 is 23.8 Å². The summed E-state index contributed by atoms with van der Waals surface area (Å²) in [4.78, 5) is 28.3. The maximum absolute atomic E-state index is 12.1. The number of carbonyl (C=O) groups excluding carboxylic acids is 2. The number of esters is 1. The molecule has 0 unspecified atom stereocenters.